The van der Waals surface area contributed by atoms with Gasteiger partial charge in [0.15, 0.2) is 5.78 Å². The Balaban J connectivity index is 1.06. The van der Waals surface area contributed by atoms with E-state index in [4.69, 9.17) is 9.47 Å². The molecule has 4 atom stereocenters. The molecule has 3 fully saturated rings. The third-order valence-corrected chi connectivity index (χ3v) is 11.0. The second-order valence-electron chi connectivity index (χ2n) is 14.6. The van der Waals surface area contributed by atoms with Crippen molar-refractivity contribution in [3.63, 3.8) is 0 Å². The third-order valence-electron chi connectivity index (χ3n) is 11.0. The van der Waals surface area contributed by atoms with Gasteiger partial charge in [-0.25, -0.2) is 8.78 Å². The molecule has 1 amide bonds. The van der Waals surface area contributed by atoms with Crippen LogP contribution >= 0.6 is 0 Å². The number of carboxylic acids is 1. The average molecular weight is 704 g/mol. The Labute approximate surface area is 297 Å². The molecule has 2 aliphatic heterocycles. The molecule has 3 aromatic carbocycles. The fraction of sp³-hybridized carbons (Fsp3) is 0.488. The van der Waals surface area contributed by atoms with Gasteiger partial charge in [0.05, 0.1) is 37.2 Å². The highest BCUT2D eigenvalue weighted by molar-refractivity contribution is 6.03. The van der Waals surface area contributed by atoms with Crippen molar-refractivity contribution in [2.24, 2.45) is 17.8 Å². The molecule has 0 aromatic heterocycles. The van der Waals surface area contributed by atoms with Crippen LogP contribution in [0, 0.1) is 29.4 Å². The van der Waals surface area contributed by atoms with Gasteiger partial charge >= 0.3 is 5.97 Å². The molecule has 1 saturated carbocycles. The molecule has 1 unspecified atom stereocenters. The number of hydrogen-bond donors (Lipinski definition) is 2. The quantitative estimate of drug-likeness (QED) is 0.140. The van der Waals surface area contributed by atoms with Crippen molar-refractivity contribution in [1.29, 1.82) is 0 Å². The van der Waals surface area contributed by atoms with Crippen LogP contribution in [0.2, 0.25) is 0 Å². The van der Waals surface area contributed by atoms with Gasteiger partial charge in [0, 0.05) is 12.1 Å². The lowest BCUT2D eigenvalue weighted by Crippen LogP contribution is -2.55. The van der Waals surface area contributed by atoms with Gasteiger partial charge in [-0.2, -0.15) is 0 Å². The van der Waals surface area contributed by atoms with Gasteiger partial charge in [0.2, 0.25) is 5.91 Å². The largest absolute Gasteiger partial charge is 0.481 e. The first-order chi connectivity index (χ1) is 24.6. The fourth-order valence-corrected chi connectivity index (χ4v) is 7.84. The maximum Gasteiger partial charge on any atom is 0.306 e. The van der Waals surface area contributed by atoms with Crippen molar-refractivity contribution < 1.29 is 42.9 Å². The van der Waals surface area contributed by atoms with Crippen molar-refractivity contribution in [2.45, 2.75) is 88.4 Å². The number of aliphatic hydroxyl groups excluding tert-OH is 1. The zero-order chi connectivity index (χ0) is 36.0. The van der Waals surface area contributed by atoms with Crippen LogP contribution in [0.5, 0.6) is 0 Å². The number of aliphatic hydroxyl groups is 1. The molecular formula is C41H47F2NO7. The number of ketones is 1. The molecule has 2 heterocycles. The second-order valence-corrected chi connectivity index (χ2v) is 14.6. The van der Waals surface area contributed by atoms with E-state index < -0.39 is 35.3 Å². The summed E-state index contributed by atoms with van der Waals surface area (Å²) in [6.45, 7) is 0.596. The van der Waals surface area contributed by atoms with E-state index in [2.05, 4.69) is 0 Å². The maximum atomic E-state index is 13.7. The number of nitrogens with zero attached hydrogens (tertiary/aromatic N) is 1. The predicted molar refractivity (Wildman–Crippen MR) is 187 cm³/mol. The molecule has 0 bridgehead atoms. The number of halogens is 2. The first-order valence-electron chi connectivity index (χ1n) is 18.2. The summed E-state index contributed by atoms with van der Waals surface area (Å²) in [7, 11) is 0. The summed E-state index contributed by atoms with van der Waals surface area (Å²) >= 11 is 0. The van der Waals surface area contributed by atoms with E-state index in [1.54, 1.807) is 29.2 Å². The summed E-state index contributed by atoms with van der Waals surface area (Å²) in [6, 6.07) is 19.2. The number of anilines is 1. The molecule has 8 nitrogen and oxygen atoms in total. The van der Waals surface area contributed by atoms with Gasteiger partial charge < -0.3 is 24.6 Å². The van der Waals surface area contributed by atoms with Gasteiger partial charge in [-0.3, -0.25) is 14.4 Å². The first-order valence-corrected chi connectivity index (χ1v) is 18.2. The Hall–Kier alpha value is -3.99. The normalized spacial score (nSPS) is 21.4. The summed E-state index contributed by atoms with van der Waals surface area (Å²) in [5.74, 6) is -2.72. The van der Waals surface area contributed by atoms with Crippen LogP contribution in [0.1, 0.15) is 93.0 Å². The number of benzene rings is 3. The zero-order valence-electron chi connectivity index (χ0n) is 28.9. The topological polar surface area (TPSA) is 113 Å². The predicted octanol–water partition coefficient (Wildman–Crippen LogP) is 7.53. The minimum atomic E-state index is -0.917. The molecule has 3 aromatic rings. The minimum absolute atomic E-state index is 0.0188. The van der Waals surface area contributed by atoms with E-state index in [0.717, 1.165) is 36.8 Å². The highest BCUT2D eigenvalue weighted by Crippen LogP contribution is 2.46. The van der Waals surface area contributed by atoms with Crippen LogP contribution in [0.15, 0.2) is 72.8 Å². The van der Waals surface area contributed by atoms with E-state index in [-0.39, 0.29) is 36.6 Å². The van der Waals surface area contributed by atoms with Crippen molar-refractivity contribution in [3.8, 4) is 0 Å². The number of aryl methyl sites for hydroxylation is 1. The smallest absolute Gasteiger partial charge is 0.306 e. The number of ether oxygens (including phenoxy) is 2. The van der Waals surface area contributed by atoms with Gasteiger partial charge in [0.1, 0.15) is 23.8 Å². The molecule has 6 rings (SSSR count). The molecule has 0 radical (unpaired) electrons. The number of carbonyl (C=O) groups is 3. The highest BCUT2D eigenvalue weighted by Gasteiger charge is 2.48. The second kappa shape index (κ2) is 16.6. The lowest BCUT2D eigenvalue weighted by atomic mass is 9.78. The Bertz CT molecular complexity index is 1640. The van der Waals surface area contributed by atoms with E-state index in [1.165, 1.54) is 30.7 Å². The van der Waals surface area contributed by atoms with Gasteiger partial charge in [-0.15, -0.1) is 0 Å². The van der Waals surface area contributed by atoms with Crippen molar-refractivity contribution in [1.82, 2.24) is 0 Å². The molecule has 272 valence electrons. The van der Waals surface area contributed by atoms with Crippen molar-refractivity contribution in [3.05, 3.63) is 101 Å². The van der Waals surface area contributed by atoms with E-state index in [0.29, 0.717) is 62.5 Å². The van der Waals surface area contributed by atoms with Crippen LogP contribution in [0.3, 0.4) is 0 Å². The average Bonchev–Trinajstić information content (AvgIpc) is 3.11. The summed E-state index contributed by atoms with van der Waals surface area (Å²) in [4.78, 5) is 39.9. The fourth-order valence-electron chi connectivity index (χ4n) is 7.84. The zero-order valence-corrected chi connectivity index (χ0v) is 28.9. The van der Waals surface area contributed by atoms with E-state index in [9.17, 15) is 33.4 Å². The SMILES string of the molecule is O=C(COC1(CCc2ccc([C@@H]3[C@@H](CC[C@H](O)c4ccc(F)cc4)C(=O)N3c3ccc(F)cc3)cc2)COC1)CC(CC1CCCCC1)C(=O)O. The molecule has 51 heavy (non-hydrogen) atoms. The van der Waals surface area contributed by atoms with Crippen LogP contribution in [-0.2, 0) is 30.3 Å². The Morgan fingerprint density at radius 1 is 0.922 bits per heavy atom. The molecular weight excluding hydrogens is 656 g/mol. The third kappa shape index (κ3) is 9.09. The molecule has 2 N–H and O–H groups in total. The van der Waals surface area contributed by atoms with Crippen molar-refractivity contribution >= 4 is 23.3 Å². The molecule has 3 aliphatic rings. The van der Waals surface area contributed by atoms with Crippen LogP contribution in [0.4, 0.5) is 14.5 Å². The number of hydrogen-bond acceptors (Lipinski definition) is 6. The van der Waals surface area contributed by atoms with E-state index in [1.807, 2.05) is 24.3 Å². The standard InChI is InChI=1S/C41H47F2NO7/c42-32-12-10-29(11-13-32)37(46)19-18-36-38(44(39(36)47)34-16-14-33(43)15-17-34)30-8-6-27(7-9-30)20-21-41(25-50-26-41)51-24-35(45)23-31(40(48)49)22-28-4-2-1-3-5-28/h6-17,28,31,36-38,46H,1-5,18-26H2,(H,48,49)/t31?,36-,37+,38-/m1/s1. The number of β-lactam (4-membered cyclic amide) rings is 1. The monoisotopic (exact) mass is 703 g/mol. The number of carbonyl (C=O) groups excluding carboxylic acids is 2. The van der Waals surface area contributed by atoms with Crippen molar-refractivity contribution in [2.75, 3.05) is 24.7 Å². The lowest BCUT2D eigenvalue weighted by molar-refractivity contribution is -0.212. The van der Waals surface area contributed by atoms with Gasteiger partial charge in [-0.1, -0.05) is 68.5 Å². The highest BCUT2D eigenvalue weighted by atomic mass is 19.1. The maximum absolute atomic E-state index is 13.7. The molecule has 10 heteroatoms. The summed E-state index contributed by atoms with van der Waals surface area (Å²) in [5, 5.41) is 20.5. The van der Waals surface area contributed by atoms with Crippen LogP contribution in [-0.4, -0.2) is 53.3 Å². The summed E-state index contributed by atoms with van der Waals surface area (Å²) in [6.07, 6.45) is 7.20. The van der Waals surface area contributed by atoms with Gasteiger partial charge in [-0.05, 0) is 91.1 Å². The number of carboxylic acid groups (broad SMARTS) is 1. The number of amides is 1. The number of rotatable bonds is 17. The Morgan fingerprint density at radius 2 is 1.57 bits per heavy atom. The minimum Gasteiger partial charge on any atom is -0.481 e. The lowest BCUT2D eigenvalue weighted by Gasteiger charge is -2.48. The first kappa shape index (κ1) is 36.8. The number of aliphatic carboxylic acids is 1. The molecule has 1 aliphatic carbocycles. The Kier molecular flexibility index (Phi) is 12.0. The van der Waals surface area contributed by atoms with E-state index >= 15 is 0 Å². The Morgan fingerprint density at radius 3 is 2.18 bits per heavy atom. The molecule has 2 saturated heterocycles. The number of Topliss-reactive ketones (excluding diaryl/α,β-unsaturated/α-hetero) is 1. The van der Waals surface area contributed by atoms with Crippen LogP contribution < -0.4 is 4.90 Å². The molecule has 0 spiro atoms. The van der Waals surface area contributed by atoms with Crippen LogP contribution in [0.25, 0.3) is 0 Å². The summed E-state index contributed by atoms with van der Waals surface area (Å²) < 4.78 is 38.7. The van der Waals surface area contributed by atoms with Gasteiger partial charge in [0.25, 0.3) is 0 Å². The summed E-state index contributed by atoms with van der Waals surface area (Å²) in [5.41, 5.74) is 2.52.